The Labute approximate surface area is 184 Å². The summed E-state index contributed by atoms with van der Waals surface area (Å²) in [4.78, 5) is 35.4. The Morgan fingerprint density at radius 1 is 1.10 bits per heavy atom. The minimum absolute atomic E-state index is 0.0450. The number of anilines is 1. The molecule has 0 N–H and O–H groups in total. The maximum Gasteiger partial charge on any atom is 0.237 e. The highest BCUT2D eigenvalue weighted by atomic mass is 32.2. The summed E-state index contributed by atoms with van der Waals surface area (Å²) in [6.45, 7) is 1.19. The number of thiazole rings is 1. The molecule has 3 heterocycles. The lowest BCUT2D eigenvalue weighted by atomic mass is 10.0. The Balaban J connectivity index is 1.33. The molecule has 2 aromatic carbocycles. The van der Waals surface area contributed by atoms with E-state index in [1.807, 2.05) is 47.4 Å². The van der Waals surface area contributed by atoms with E-state index in [2.05, 4.69) is 6.07 Å². The van der Waals surface area contributed by atoms with Gasteiger partial charge in [-0.25, -0.2) is 4.98 Å². The zero-order valence-electron chi connectivity index (χ0n) is 16.6. The van der Waals surface area contributed by atoms with Gasteiger partial charge >= 0.3 is 0 Å². The first-order valence-electron chi connectivity index (χ1n) is 10.4. The number of piperidine rings is 1. The average molecular weight is 438 g/mol. The summed E-state index contributed by atoms with van der Waals surface area (Å²) in [5.74, 6) is 0.624. The van der Waals surface area contributed by atoms with E-state index in [4.69, 9.17) is 4.98 Å². The van der Waals surface area contributed by atoms with Crippen molar-refractivity contribution in [1.29, 1.82) is 0 Å². The van der Waals surface area contributed by atoms with Gasteiger partial charge in [-0.05, 0) is 43.5 Å². The van der Waals surface area contributed by atoms with E-state index in [9.17, 15) is 9.59 Å². The number of benzene rings is 2. The molecule has 1 fully saturated rings. The van der Waals surface area contributed by atoms with Crippen LogP contribution in [-0.2, 0) is 9.59 Å². The van der Waals surface area contributed by atoms with Crippen LogP contribution in [0.4, 0.5) is 5.69 Å². The van der Waals surface area contributed by atoms with Gasteiger partial charge in [0.05, 0.1) is 27.7 Å². The van der Waals surface area contributed by atoms with E-state index >= 15 is 0 Å². The first-order chi connectivity index (χ1) is 14.7. The van der Waals surface area contributed by atoms with E-state index < -0.39 is 0 Å². The third-order valence-corrected chi connectivity index (χ3v) is 7.96. The largest absolute Gasteiger partial charge is 0.333 e. The molecule has 154 valence electrons. The molecule has 0 saturated carbocycles. The first kappa shape index (κ1) is 19.6. The molecule has 5 nitrogen and oxygen atoms in total. The molecule has 2 amide bonds. The van der Waals surface area contributed by atoms with E-state index in [0.717, 1.165) is 46.9 Å². The Hall–Kier alpha value is -2.38. The zero-order chi connectivity index (χ0) is 20.5. The highest BCUT2D eigenvalue weighted by molar-refractivity contribution is 8.00. The molecule has 1 aromatic heterocycles. The molecule has 2 aliphatic heterocycles. The van der Waals surface area contributed by atoms with Crippen LogP contribution in [0, 0.1) is 0 Å². The topological polar surface area (TPSA) is 53.5 Å². The molecule has 2 aliphatic rings. The first-order valence-corrected chi connectivity index (χ1v) is 12.2. The Kier molecular flexibility index (Phi) is 5.48. The molecule has 0 radical (unpaired) electrons. The molecule has 1 saturated heterocycles. The summed E-state index contributed by atoms with van der Waals surface area (Å²) in [5, 5.41) is 1.03. The maximum absolute atomic E-state index is 13.2. The minimum Gasteiger partial charge on any atom is -0.333 e. The fourth-order valence-electron chi connectivity index (χ4n) is 4.27. The number of hydrogen-bond donors (Lipinski definition) is 0. The van der Waals surface area contributed by atoms with E-state index in [1.54, 1.807) is 28.0 Å². The summed E-state index contributed by atoms with van der Waals surface area (Å²) in [7, 11) is 0. The third-order valence-electron chi connectivity index (χ3n) is 5.78. The van der Waals surface area contributed by atoms with Crippen LogP contribution in [0.3, 0.4) is 0 Å². The van der Waals surface area contributed by atoms with Gasteiger partial charge in [0.15, 0.2) is 0 Å². The van der Waals surface area contributed by atoms with Crippen molar-refractivity contribution in [3.63, 3.8) is 0 Å². The van der Waals surface area contributed by atoms with Crippen LogP contribution in [0.25, 0.3) is 10.2 Å². The van der Waals surface area contributed by atoms with Crippen molar-refractivity contribution in [3.8, 4) is 0 Å². The molecule has 0 unspecified atom stereocenters. The fourth-order valence-corrected chi connectivity index (χ4v) is 6.32. The highest BCUT2D eigenvalue weighted by Crippen LogP contribution is 2.37. The van der Waals surface area contributed by atoms with Gasteiger partial charge in [-0.3, -0.25) is 9.59 Å². The third kappa shape index (κ3) is 3.72. The van der Waals surface area contributed by atoms with Gasteiger partial charge in [-0.1, -0.05) is 24.3 Å². The number of amides is 2. The number of carbonyl (C=O) groups is 2. The highest BCUT2D eigenvalue weighted by Gasteiger charge is 2.31. The normalized spacial score (nSPS) is 19.2. The number of aromatic nitrogens is 1. The van der Waals surface area contributed by atoms with Gasteiger partial charge in [-0.15, -0.1) is 23.1 Å². The van der Waals surface area contributed by atoms with Crippen LogP contribution in [0.1, 0.15) is 36.7 Å². The van der Waals surface area contributed by atoms with Crippen LogP contribution < -0.4 is 4.90 Å². The summed E-state index contributed by atoms with van der Waals surface area (Å²) in [6, 6.07) is 16.1. The number of para-hydroxylation sites is 2. The fraction of sp³-hybridized carbons (Fsp3) is 0.348. The molecule has 0 spiro atoms. The number of likely N-dealkylation sites (tertiary alicyclic amines) is 1. The van der Waals surface area contributed by atoms with Gasteiger partial charge in [0.1, 0.15) is 5.01 Å². The molecular weight excluding hydrogens is 414 g/mol. The van der Waals surface area contributed by atoms with E-state index in [0.29, 0.717) is 18.7 Å². The molecule has 5 rings (SSSR count). The zero-order valence-corrected chi connectivity index (χ0v) is 18.3. The van der Waals surface area contributed by atoms with Crippen molar-refractivity contribution >= 4 is 50.8 Å². The average Bonchev–Trinajstić information content (AvgIpc) is 3.22. The summed E-state index contributed by atoms with van der Waals surface area (Å²) in [5.41, 5.74) is 1.93. The van der Waals surface area contributed by atoms with E-state index in [1.165, 1.54) is 4.70 Å². The second-order valence-corrected chi connectivity index (χ2v) is 9.75. The summed E-state index contributed by atoms with van der Waals surface area (Å²) >= 11 is 3.26. The van der Waals surface area contributed by atoms with Crippen LogP contribution in [0.5, 0.6) is 0 Å². The van der Waals surface area contributed by atoms with Gasteiger partial charge in [0, 0.05) is 24.4 Å². The molecule has 0 bridgehead atoms. The smallest absolute Gasteiger partial charge is 0.237 e. The van der Waals surface area contributed by atoms with Crippen LogP contribution in [0.15, 0.2) is 53.4 Å². The summed E-state index contributed by atoms with van der Waals surface area (Å²) < 4.78 is 1.17. The Morgan fingerprint density at radius 2 is 1.93 bits per heavy atom. The number of thioether (sulfide) groups is 1. The van der Waals surface area contributed by atoms with Crippen molar-refractivity contribution in [1.82, 2.24) is 9.88 Å². The lowest BCUT2D eigenvalue weighted by Crippen LogP contribution is -2.42. The SMILES string of the molecule is O=C1CSc2ccccc2N1CCC(=O)N1CCCC[C@@H]1c1nc2ccccc2s1. The number of rotatable bonds is 4. The van der Waals surface area contributed by atoms with Crippen molar-refractivity contribution in [2.24, 2.45) is 0 Å². The van der Waals surface area contributed by atoms with Gasteiger partial charge in [-0.2, -0.15) is 0 Å². The number of fused-ring (bicyclic) bond motifs is 2. The second-order valence-electron chi connectivity index (χ2n) is 7.67. The van der Waals surface area contributed by atoms with Crippen molar-refractivity contribution in [3.05, 3.63) is 53.5 Å². The molecular formula is C23H23N3O2S2. The molecule has 7 heteroatoms. The van der Waals surface area contributed by atoms with Crippen molar-refractivity contribution < 1.29 is 9.59 Å². The number of carbonyl (C=O) groups excluding carboxylic acids is 2. The molecule has 0 aliphatic carbocycles. The lowest BCUT2D eigenvalue weighted by molar-refractivity contribution is -0.134. The quantitative estimate of drug-likeness (QED) is 0.584. The van der Waals surface area contributed by atoms with Crippen molar-refractivity contribution in [2.45, 2.75) is 36.6 Å². The van der Waals surface area contributed by atoms with Crippen LogP contribution >= 0.6 is 23.1 Å². The standard InChI is InChI=1S/C23H23N3O2S2/c27-21(12-14-26-17-8-2-4-11-20(17)29-15-22(26)28)25-13-6-5-9-18(25)23-24-16-7-1-3-10-19(16)30-23/h1-4,7-8,10-11,18H,5-6,9,12-15H2/t18-/m1/s1. The molecule has 3 aromatic rings. The Bertz CT molecular complexity index is 1060. The number of hydrogen-bond acceptors (Lipinski definition) is 5. The second kappa shape index (κ2) is 8.40. The van der Waals surface area contributed by atoms with Gasteiger partial charge in [0.2, 0.25) is 11.8 Å². The monoisotopic (exact) mass is 437 g/mol. The van der Waals surface area contributed by atoms with Gasteiger partial charge < -0.3 is 9.80 Å². The molecule has 30 heavy (non-hydrogen) atoms. The Morgan fingerprint density at radius 3 is 2.83 bits per heavy atom. The van der Waals surface area contributed by atoms with Crippen molar-refractivity contribution in [2.75, 3.05) is 23.7 Å². The maximum atomic E-state index is 13.2. The molecule has 1 atom stereocenters. The van der Waals surface area contributed by atoms with Crippen LogP contribution in [-0.4, -0.2) is 40.5 Å². The van der Waals surface area contributed by atoms with Crippen LogP contribution in [0.2, 0.25) is 0 Å². The lowest BCUT2D eigenvalue weighted by Gasteiger charge is -2.35. The predicted molar refractivity (Wildman–Crippen MR) is 122 cm³/mol. The summed E-state index contributed by atoms with van der Waals surface area (Å²) in [6.07, 6.45) is 3.43. The van der Waals surface area contributed by atoms with Gasteiger partial charge in [0.25, 0.3) is 0 Å². The minimum atomic E-state index is 0.0450. The van der Waals surface area contributed by atoms with E-state index in [-0.39, 0.29) is 17.9 Å². The predicted octanol–water partition coefficient (Wildman–Crippen LogP) is 4.88. The number of nitrogens with zero attached hydrogens (tertiary/aromatic N) is 3.